The first kappa shape index (κ1) is 21.2. The quantitative estimate of drug-likeness (QED) is 0.274. The van der Waals surface area contributed by atoms with Crippen LogP contribution in [0.1, 0.15) is 7.43 Å². The Labute approximate surface area is 197 Å². The number of hydrogen-bond donors (Lipinski definition) is 3. The van der Waals surface area contributed by atoms with E-state index in [0.29, 0.717) is 11.6 Å². The SMILES string of the molecule is C.Oc1ccc2nc(-c3ccc(-c4ccccc4)cc3)nc(Nc3ccc4[nH]ncc4c3)c2c1. The minimum Gasteiger partial charge on any atom is -0.508 e. The minimum absolute atomic E-state index is 0. The van der Waals surface area contributed by atoms with Gasteiger partial charge < -0.3 is 10.4 Å². The van der Waals surface area contributed by atoms with Gasteiger partial charge in [-0.25, -0.2) is 9.97 Å². The van der Waals surface area contributed by atoms with Crippen LogP contribution in [0.15, 0.2) is 97.2 Å². The first-order valence-electron chi connectivity index (χ1n) is 10.6. The Bertz CT molecular complexity index is 1590. The molecule has 0 saturated heterocycles. The van der Waals surface area contributed by atoms with Gasteiger partial charge in [-0.3, -0.25) is 5.10 Å². The number of nitrogens with one attached hydrogen (secondary N) is 2. The molecule has 0 spiro atoms. The van der Waals surface area contributed by atoms with Crippen LogP contribution >= 0.6 is 0 Å². The molecule has 6 heteroatoms. The van der Waals surface area contributed by atoms with Crippen LogP contribution in [0.3, 0.4) is 0 Å². The van der Waals surface area contributed by atoms with Gasteiger partial charge in [0.25, 0.3) is 0 Å². The molecule has 0 radical (unpaired) electrons. The number of fused-ring (bicyclic) bond motifs is 2. The number of aromatic amines is 1. The fourth-order valence-corrected chi connectivity index (χ4v) is 3.94. The molecule has 34 heavy (non-hydrogen) atoms. The molecule has 0 amide bonds. The number of aromatic nitrogens is 4. The molecular weight excluding hydrogens is 422 g/mol. The molecule has 0 unspecified atom stereocenters. The molecule has 0 atom stereocenters. The van der Waals surface area contributed by atoms with E-state index in [1.54, 1.807) is 24.4 Å². The highest BCUT2D eigenvalue weighted by molar-refractivity contribution is 5.94. The fraction of sp³-hybridized carbons (Fsp3) is 0.0357. The van der Waals surface area contributed by atoms with Crippen molar-refractivity contribution in [3.63, 3.8) is 0 Å². The molecule has 0 aliphatic carbocycles. The lowest BCUT2D eigenvalue weighted by Crippen LogP contribution is -1.99. The number of rotatable bonds is 4. The van der Waals surface area contributed by atoms with Crippen LogP contribution in [0.2, 0.25) is 0 Å². The smallest absolute Gasteiger partial charge is 0.162 e. The van der Waals surface area contributed by atoms with Crippen molar-refractivity contribution >= 4 is 33.3 Å². The second-order valence-corrected chi connectivity index (χ2v) is 7.84. The number of aromatic hydroxyl groups is 1. The summed E-state index contributed by atoms with van der Waals surface area (Å²) in [5.41, 5.74) is 5.80. The van der Waals surface area contributed by atoms with Gasteiger partial charge >= 0.3 is 0 Å². The molecule has 3 N–H and O–H groups in total. The van der Waals surface area contributed by atoms with Crippen LogP contribution in [0, 0.1) is 0 Å². The van der Waals surface area contributed by atoms with Crippen molar-refractivity contribution < 1.29 is 5.11 Å². The average molecular weight is 446 g/mol. The zero-order chi connectivity index (χ0) is 22.2. The first-order chi connectivity index (χ1) is 16.2. The molecule has 0 aliphatic heterocycles. The lowest BCUT2D eigenvalue weighted by molar-refractivity contribution is 0.476. The predicted molar refractivity (Wildman–Crippen MR) is 138 cm³/mol. The minimum atomic E-state index is 0. The van der Waals surface area contributed by atoms with Crippen LogP contribution in [0.5, 0.6) is 5.75 Å². The van der Waals surface area contributed by atoms with Gasteiger partial charge in [-0.1, -0.05) is 62.0 Å². The van der Waals surface area contributed by atoms with Gasteiger partial charge in [0.05, 0.1) is 17.2 Å². The third-order valence-electron chi connectivity index (χ3n) is 5.63. The van der Waals surface area contributed by atoms with Gasteiger partial charge in [0.2, 0.25) is 0 Å². The van der Waals surface area contributed by atoms with E-state index in [9.17, 15) is 5.11 Å². The average Bonchev–Trinajstić information content (AvgIpc) is 3.33. The van der Waals surface area contributed by atoms with E-state index < -0.39 is 0 Å². The standard InChI is InChI=1S/C27H19N5O.CH4/c33-22-11-13-25-23(15-22)27(29-21-10-12-24-20(14-21)16-28-32-24)31-26(30-25)19-8-6-18(7-9-19)17-4-2-1-3-5-17;/h1-16,33H,(H,28,32)(H,29,30,31);1H4. The summed E-state index contributed by atoms with van der Waals surface area (Å²) >= 11 is 0. The maximum atomic E-state index is 10.1. The number of H-pyrrole nitrogens is 1. The molecule has 6 rings (SSSR count). The summed E-state index contributed by atoms with van der Waals surface area (Å²) in [5.74, 6) is 1.40. The van der Waals surface area contributed by atoms with E-state index in [0.717, 1.165) is 44.2 Å². The van der Waals surface area contributed by atoms with Crippen LogP contribution in [0.4, 0.5) is 11.5 Å². The zero-order valence-corrected chi connectivity index (χ0v) is 17.5. The van der Waals surface area contributed by atoms with E-state index >= 15 is 0 Å². The summed E-state index contributed by atoms with van der Waals surface area (Å²) in [5, 5.41) is 22.2. The number of nitrogens with zero attached hydrogens (tertiary/aromatic N) is 3. The highest BCUT2D eigenvalue weighted by atomic mass is 16.3. The fourth-order valence-electron chi connectivity index (χ4n) is 3.94. The van der Waals surface area contributed by atoms with Gasteiger partial charge in [0.1, 0.15) is 11.6 Å². The molecule has 2 heterocycles. The van der Waals surface area contributed by atoms with Crippen molar-refractivity contribution in [2.24, 2.45) is 0 Å². The number of phenols is 1. The summed E-state index contributed by atoms with van der Waals surface area (Å²) in [6.45, 7) is 0. The molecule has 6 aromatic rings. The number of hydrogen-bond acceptors (Lipinski definition) is 5. The summed E-state index contributed by atoms with van der Waals surface area (Å²) in [4.78, 5) is 9.58. The zero-order valence-electron chi connectivity index (χ0n) is 17.5. The maximum Gasteiger partial charge on any atom is 0.162 e. The van der Waals surface area contributed by atoms with Crippen molar-refractivity contribution in [3.05, 3.63) is 97.2 Å². The topological polar surface area (TPSA) is 86.7 Å². The van der Waals surface area contributed by atoms with E-state index in [2.05, 4.69) is 39.8 Å². The Morgan fingerprint density at radius 2 is 1.50 bits per heavy atom. The van der Waals surface area contributed by atoms with E-state index in [4.69, 9.17) is 9.97 Å². The molecule has 166 valence electrons. The van der Waals surface area contributed by atoms with E-state index in [1.165, 1.54) is 0 Å². The summed E-state index contributed by atoms with van der Waals surface area (Å²) in [7, 11) is 0. The van der Waals surface area contributed by atoms with Gasteiger partial charge in [-0.15, -0.1) is 0 Å². The molecule has 2 aromatic heterocycles. The van der Waals surface area contributed by atoms with Crippen molar-refractivity contribution in [2.45, 2.75) is 7.43 Å². The lowest BCUT2D eigenvalue weighted by Gasteiger charge is -2.12. The number of anilines is 2. The molecule has 0 fully saturated rings. The van der Waals surface area contributed by atoms with Gasteiger partial charge in [0, 0.05) is 22.0 Å². The molecule has 0 aliphatic rings. The number of benzene rings is 4. The monoisotopic (exact) mass is 445 g/mol. The largest absolute Gasteiger partial charge is 0.508 e. The van der Waals surface area contributed by atoms with Crippen LogP contribution in [-0.4, -0.2) is 25.3 Å². The molecule has 0 bridgehead atoms. The van der Waals surface area contributed by atoms with Crippen molar-refractivity contribution in [2.75, 3.05) is 5.32 Å². The lowest BCUT2D eigenvalue weighted by atomic mass is 10.0. The Morgan fingerprint density at radius 3 is 2.32 bits per heavy atom. The van der Waals surface area contributed by atoms with Crippen molar-refractivity contribution in [1.82, 2.24) is 20.2 Å². The Balaban J connectivity index is 0.00000241. The predicted octanol–water partition coefficient (Wildman–Crippen LogP) is 6.93. The molecule has 4 aromatic carbocycles. The van der Waals surface area contributed by atoms with Gasteiger partial charge in [-0.2, -0.15) is 5.10 Å². The summed E-state index contributed by atoms with van der Waals surface area (Å²) in [6, 6.07) is 29.5. The van der Waals surface area contributed by atoms with Crippen LogP contribution in [0.25, 0.3) is 44.3 Å². The third kappa shape index (κ3) is 3.93. The van der Waals surface area contributed by atoms with Crippen LogP contribution in [-0.2, 0) is 0 Å². The van der Waals surface area contributed by atoms with Gasteiger partial charge in [0.15, 0.2) is 5.82 Å². The highest BCUT2D eigenvalue weighted by Gasteiger charge is 2.12. The third-order valence-corrected chi connectivity index (χ3v) is 5.63. The molecule has 6 nitrogen and oxygen atoms in total. The summed E-state index contributed by atoms with van der Waals surface area (Å²) < 4.78 is 0. The Kier molecular flexibility index (Phi) is 5.40. The Morgan fingerprint density at radius 1 is 0.735 bits per heavy atom. The van der Waals surface area contributed by atoms with E-state index in [1.807, 2.05) is 48.5 Å². The Hall–Kier alpha value is -4.71. The highest BCUT2D eigenvalue weighted by Crippen LogP contribution is 2.31. The second kappa shape index (κ2) is 8.67. The van der Waals surface area contributed by atoms with Crippen molar-refractivity contribution in [3.8, 4) is 28.3 Å². The van der Waals surface area contributed by atoms with Crippen molar-refractivity contribution in [1.29, 1.82) is 0 Å². The van der Waals surface area contributed by atoms with Crippen LogP contribution < -0.4 is 5.32 Å². The van der Waals surface area contributed by atoms with Gasteiger partial charge in [-0.05, 0) is 47.5 Å². The number of phenolic OH excluding ortho intramolecular Hbond substituents is 1. The second-order valence-electron chi connectivity index (χ2n) is 7.84. The maximum absolute atomic E-state index is 10.1. The molecule has 0 saturated carbocycles. The van der Waals surface area contributed by atoms with E-state index in [-0.39, 0.29) is 13.2 Å². The first-order valence-corrected chi connectivity index (χ1v) is 10.6. The molecular formula is C28H23N5O. The normalized spacial score (nSPS) is 10.8. The summed E-state index contributed by atoms with van der Waals surface area (Å²) in [6.07, 6.45) is 1.78.